The molecule has 0 aromatic carbocycles. The first kappa shape index (κ1) is 63.7. The van der Waals surface area contributed by atoms with E-state index in [1.54, 1.807) is 23.5 Å². The second-order valence-corrected chi connectivity index (χ2v) is 5.68. The molecule has 16 heteroatoms. The van der Waals surface area contributed by atoms with E-state index in [1.165, 1.54) is 0 Å². The maximum atomic E-state index is 10.1. The summed E-state index contributed by atoms with van der Waals surface area (Å²) in [6.07, 6.45) is 5.12. The van der Waals surface area contributed by atoms with Crippen molar-refractivity contribution in [3.8, 4) is 0 Å². The summed E-state index contributed by atoms with van der Waals surface area (Å²) in [5.41, 5.74) is 10.3. The van der Waals surface area contributed by atoms with Gasteiger partial charge in [-0.1, -0.05) is 22.3 Å². The summed E-state index contributed by atoms with van der Waals surface area (Å²) in [6.45, 7) is -0.181. The molecule has 12 nitrogen and oxygen atoms in total. The first-order chi connectivity index (χ1) is 11.7. The number of carbonyl (C=O) groups is 3. The van der Waals surface area contributed by atoms with Gasteiger partial charge < -0.3 is 42.1 Å². The van der Waals surface area contributed by atoms with Gasteiger partial charge in [-0.05, 0) is 36.9 Å². The predicted molar refractivity (Wildman–Crippen MR) is 111 cm³/mol. The van der Waals surface area contributed by atoms with Crippen LogP contribution in [0, 0.1) is 0 Å². The van der Waals surface area contributed by atoms with Gasteiger partial charge in [0.05, 0.1) is 5.97 Å². The Balaban J connectivity index is -0.0000000239. The molecule has 2 atom stereocenters. The van der Waals surface area contributed by atoms with E-state index in [0.29, 0.717) is 12.8 Å². The molecule has 0 heterocycles. The Kier molecular flexibility index (Phi) is 119. The molecule has 7 N–H and O–H groups in total. The third-order valence-electron chi connectivity index (χ3n) is 1.93. The Bertz CT molecular complexity index is 358. The molecular weight excluding hydrogens is 510 g/mol. The monoisotopic (exact) mass is 546 g/mol. The molecule has 31 heavy (non-hydrogen) atoms. The van der Waals surface area contributed by atoms with Gasteiger partial charge >= 0.3 is 115 Å². The van der Waals surface area contributed by atoms with Crippen LogP contribution in [0.25, 0.3) is 0 Å². The van der Waals surface area contributed by atoms with Crippen LogP contribution in [0.2, 0.25) is 0 Å². The number of carboxylic acid groups (broad SMARTS) is 2. The Morgan fingerprint density at radius 1 is 1.03 bits per heavy atom. The molecule has 0 saturated carbocycles. The van der Waals surface area contributed by atoms with Crippen molar-refractivity contribution in [3.63, 3.8) is 0 Å². The molecule has 0 amide bonds. The van der Waals surface area contributed by atoms with Crippen molar-refractivity contribution in [1.29, 1.82) is 0 Å². The molecule has 0 aromatic rings. The van der Waals surface area contributed by atoms with Gasteiger partial charge in [0, 0.05) is 6.04 Å². The third kappa shape index (κ3) is 80.0. The second-order valence-electron chi connectivity index (χ2n) is 3.71. The number of nitrogens with two attached hydrogens (primary N) is 2. The molecule has 0 saturated heterocycles. The molecule has 0 aliphatic heterocycles. The van der Waals surface area contributed by atoms with Gasteiger partial charge in [0.15, 0.2) is 0 Å². The summed E-state index contributed by atoms with van der Waals surface area (Å²) in [5.74, 6) is -0.490. The van der Waals surface area contributed by atoms with Crippen molar-refractivity contribution in [3.05, 3.63) is 0 Å². The average Bonchev–Trinajstić information content (AvgIpc) is 2.58. The van der Waals surface area contributed by atoms with Crippen molar-refractivity contribution in [2.24, 2.45) is 11.5 Å². The van der Waals surface area contributed by atoms with Gasteiger partial charge in [0.25, 0.3) is 6.47 Å². The quantitative estimate of drug-likeness (QED) is 0.105. The second kappa shape index (κ2) is 57.9. The van der Waals surface area contributed by atoms with Crippen LogP contribution in [-0.4, -0.2) is 71.2 Å². The number of carbonyl (C=O) groups excluding carboxylic acids is 4. The van der Waals surface area contributed by atoms with Crippen LogP contribution < -0.4 is 125 Å². The number of rotatable bonds is 9. The predicted octanol–water partition coefficient (Wildman–Crippen LogP) is -8.09. The minimum atomic E-state index is -1.16. The Morgan fingerprint density at radius 3 is 1.45 bits per heavy atom. The minimum Gasteiger partial charge on any atom is -0.662 e. The molecule has 0 bridgehead atoms. The largest absolute Gasteiger partial charge is 1.00 e. The Morgan fingerprint density at radius 2 is 1.29 bits per heavy atom. The zero-order valence-corrected chi connectivity index (χ0v) is 24.1. The average molecular weight is 547 g/mol. The van der Waals surface area contributed by atoms with Gasteiger partial charge in [-0.25, -0.2) is 0 Å². The van der Waals surface area contributed by atoms with E-state index in [2.05, 4.69) is 4.89 Å². The fraction of sp³-hybridized carbons (Fsp3) is 0.733. The number of hydrogen-bond acceptors (Lipinski definition) is 12. The summed E-state index contributed by atoms with van der Waals surface area (Å²) in [7, 11) is 0. The van der Waals surface area contributed by atoms with Gasteiger partial charge in [0.1, 0.15) is 6.04 Å². The van der Waals surface area contributed by atoms with Crippen LogP contribution in [0.4, 0.5) is 0 Å². The molecule has 0 rings (SSSR count). The van der Waals surface area contributed by atoms with Crippen molar-refractivity contribution < 1.29 is 153 Å². The van der Waals surface area contributed by atoms with Crippen LogP contribution >= 0.6 is 23.5 Å². The number of thioether (sulfide) groups is 2. The van der Waals surface area contributed by atoms with E-state index in [0.717, 1.165) is 11.5 Å². The molecular formula is C15H36K2N2O10S2. The van der Waals surface area contributed by atoms with Gasteiger partial charge in [-0.15, -0.1) is 0 Å². The molecule has 0 radical (unpaired) electrons. The van der Waals surface area contributed by atoms with E-state index in [4.69, 9.17) is 36.2 Å². The summed E-state index contributed by atoms with van der Waals surface area (Å²) in [5, 5.41) is 26.7. The van der Waals surface area contributed by atoms with Crippen LogP contribution in [0.3, 0.4) is 0 Å². The summed E-state index contributed by atoms with van der Waals surface area (Å²) in [6, 6.07) is -1.48. The zero-order chi connectivity index (χ0) is 20.7. The number of hydrogen-bond donors (Lipinski definition) is 3. The number of aliphatic carboxylic acids is 2. The maximum Gasteiger partial charge on any atom is 1.00 e. The van der Waals surface area contributed by atoms with E-state index >= 15 is 0 Å². The van der Waals surface area contributed by atoms with Crippen molar-refractivity contribution in [2.45, 2.75) is 47.2 Å². The summed E-state index contributed by atoms with van der Waals surface area (Å²) < 4.78 is 0. The fourth-order valence-corrected chi connectivity index (χ4v) is 1.71. The van der Waals surface area contributed by atoms with Gasteiger partial charge in [-0.2, -0.15) is 33.1 Å². The first-order valence-electron chi connectivity index (χ1n) is 6.34. The van der Waals surface area contributed by atoms with E-state index in [9.17, 15) is 14.7 Å². The summed E-state index contributed by atoms with van der Waals surface area (Å²) >= 11 is 3.18. The SMILES string of the molecule is C.C.C.CSCCC(N)C(=O)O.CSCCC(N)C(=O)[O-].O.O=C=O.O=CO[O-].[K+].[K+]. The van der Waals surface area contributed by atoms with Crippen LogP contribution in [0.1, 0.15) is 35.1 Å². The molecule has 0 fully saturated rings. The maximum absolute atomic E-state index is 10.1. The molecule has 0 aliphatic rings. The van der Waals surface area contributed by atoms with Crippen LogP contribution in [0.5, 0.6) is 0 Å². The minimum absolute atomic E-state index is 0. The fourth-order valence-electron chi connectivity index (χ4n) is 0.731. The molecule has 2 unspecified atom stereocenters. The van der Waals surface area contributed by atoms with E-state index in [-0.39, 0.29) is 143 Å². The molecule has 0 spiro atoms. The van der Waals surface area contributed by atoms with Crippen LogP contribution in [-0.2, 0) is 28.9 Å². The van der Waals surface area contributed by atoms with Crippen molar-refractivity contribution >= 4 is 48.1 Å². The third-order valence-corrected chi connectivity index (χ3v) is 3.21. The number of carboxylic acids is 2. The van der Waals surface area contributed by atoms with Crippen LogP contribution in [0.15, 0.2) is 0 Å². The topological polar surface area (TPSA) is 244 Å². The van der Waals surface area contributed by atoms with Crippen molar-refractivity contribution in [1.82, 2.24) is 0 Å². The summed E-state index contributed by atoms with van der Waals surface area (Å²) in [4.78, 5) is 47.5. The van der Waals surface area contributed by atoms with Gasteiger partial charge in [0.2, 0.25) is 0 Å². The van der Waals surface area contributed by atoms with E-state index < -0.39 is 24.0 Å². The smallest absolute Gasteiger partial charge is 0.662 e. The van der Waals surface area contributed by atoms with Gasteiger partial charge in [-0.3, -0.25) is 9.59 Å². The normalized spacial score (nSPS) is 8.55. The molecule has 0 aliphatic carbocycles. The Labute approximate surface area is 278 Å². The first-order valence-corrected chi connectivity index (χ1v) is 9.12. The van der Waals surface area contributed by atoms with E-state index in [1.807, 2.05) is 12.5 Å². The molecule has 0 aromatic heterocycles. The molecule has 180 valence electrons. The zero-order valence-electron chi connectivity index (χ0n) is 16.2. The standard InChI is InChI=1S/2C5H11NO2S.CH2O3.CO2.3CH4.2K.H2O/c2*1-9-3-2-4(6)5(7)8;2-1-4-3;2-1-3;;;;;;/h2*4H,2-3,6H2,1H3,(H,7,8);1,3H;;3*1H4;;;1H2/q;;;;;;;2*+1;/p-2. The van der Waals surface area contributed by atoms with Crippen molar-refractivity contribution in [2.75, 3.05) is 24.0 Å². The Hall–Kier alpha value is 1.60.